The molecule has 8 aromatic carbocycles. The Labute approximate surface area is 377 Å². The van der Waals surface area contributed by atoms with Crippen LogP contribution in [0.1, 0.15) is 55.9 Å². The zero-order valence-electron chi connectivity index (χ0n) is 35.1. The fourth-order valence-electron chi connectivity index (χ4n) is 10.8. The normalized spacial score (nSPS) is 15.1. The maximum Gasteiger partial charge on any atom is 0.0895 e. The molecule has 65 heavy (non-hydrogen) atoms. The molecule has 10 aromatic rings. The molecule has 0 radical (unpaired) electrons. The van der Waals surface area contributed by atoms with Crippen LogP contribution in [0.15, 0.2) is 228 Å². The smallest absolute Gasteiger partial charge is 0.0895 e. The number of fused-ring (bicyclic) bond motifs is 14. The summed E-state index contributed by atoms with van der Waals surface area (Å²) in [6.07, 6.45) is 0. The highest BCUT2D eigenvalue weighted by atomic mass is 31.1. The fraction of sp³-hybridized carbons (Fsp3) is 0. The van der Waals surface area contributed by atoms with Crippen molar-refractivity contribution in [3.8, 4) is 0 Å². The minimum absolute atomic E-state index is 0.0842. The van der Waals surface area contributed by atoms with Crippen molar-refractivity contribution in [3.63, 3.8) is 0 Å². The van der Waals surface area contributed by atoms with Crippen LogP contribution in [0.3, 0.4) is 0 Å². The third-order valence-electron chi connectivity index (χ3n) is 13.4. The van der Waals surface area contributed by atoms with E-state index in [1.165, 1.54) is 21.5 Å². The highest BCUT2D eigenvalue weighted by Crippen LogP contribution is 2.51. The molecule has 4 nitrogen and oxygen atoms in total. The van der Waals surface area contributed by atoms with Crippen LogP contribution in [0.5, 0.6) is 0 Å². The number of nitrogens with zero attached hydrogens (tertiary/aromatic N) is 4. The van der Waals surface area contributed by atoms with Gasteiger partial charge in [-0.2, -0.15) is 0 Å². The Morgan fingerprint density at radius 3 is 0.969 bits per heavy atom. The molecule has 302 valence electrons. The van der Waals surface area contributed by atoms with Crippen LogP contribution >= 0.6 is 8.88 Å². The zero-order valence-corrected chi connectivity index (χ0v) is 36.1. The minimum Gasteiger partial charge on any atom is -0.302 e. The molecular formula is C60H37N4P. The predicted octanol–water partition coefficient (Wildman–Crippen LogP) is 12.4. The van der Waals surface area contributed by atoms with E-state index in [4.69, 9.17) is 9.98 Å². The summed E-state index contributed by atoms with van der Waals surface area (Å²) in [6, 6.07) is 79.5. The van der Waals surface area contributed by atoms with Crippen molar-refractivity contribution >= 4 is 75.5 Å². The van der Waals surface area contributed by atoms with Gasteiger partial charge in [-0.1, -0.05) is 218 Å². The first-order chi connectivity index (χ1) is 32.3. The van der Waals surface area contributed by atoms with Gasteiger partial charge in [0.15, 0.2) is 0 Å². The Kier molecular flexibility index (Phi) is 7.92. The molecule has 0 N–H and O–H groups in total. The Balaban J connectivity index is 1.35. The van der Waals surface area contributed by atoms with E-state index in [2.05, 4.69) is 227 Å². The van der Waals surface area contributed by atoms with Crippen LogP contribution < -0.4 is 10.7 Å². The van der Waals surface area contributed by atoms with Crippen molar-refractivity contribution in [1.82, 2.24) is 8.68 Å². The number of benzene rings is 8. The molecule has 5 heteroatoms. The number of hydrogen-bond donors (Lipinski definition) is 0. The topological polar surface area (TPSA) is 34.6 Å². The lowest BCUT2D eigenvalue weighted by Crippen LogP contribution is -2.30. The van der Waals surface area contributed by atoms with Gasteiger partial charge in [-0.25, -0.2) is 9.98 Å². The summed E-state index contributed by atoms with van der Waals surface area (Å²) in [7, 11) is 0.0842. The predicted molar refractivity (Wildman–Crippen MR) is 271 cm³/mol. The van der Waals surface area contributed by atoms with E-state index >= 15 is 0 Å². The third kappa shape index (κ3) is 5.23. The van der Waals surface area contributed by atoms with Crippen LogP contribution in [0.25, 0.3) is 55.2 Å². The average Bonchev–Trinajstić information content (AvgIpc) is 4.11. The molecule has 1 atom stereocenters. The van der Waals surface area contributed by atoms with Crippen LogP contribution in [0.4, 0.5) is 0 Å². The van der Waals surface area contributed by atoms with Gasteiger partial charge in [0.1, 0.15) is 0 Å². The van der Waals surface area contributed by atoms with E-state index in [9.17, 15) is 0 Å². The second-order valence-corrected chi connectivity index (χ2v) is 18.0. The van der Waals surface area contributed by atoms with E-state index in [-0.39, 0.29) is 8.88 Å². The summed E-state index contributed by atoms with van der Waals surface area (Å²) in [5, 5.41) is 6.97. The van der Waals surface area contributed by atoms with Gasteiger partial charge >= 0.3 is 0 Å². The van der Waals surface area contributed by atoms with Crippen LogP contribution in [-0.2, 0) is 0 Å². The molecule has 0 saturated heterocycles. The highest BCUT2D eigenvalue weighted by Gasteiger charge is 2.37. The van der Waals surface area contributed by atoms with Gasteiger partial charge in [0, 0.05) is 66.1 Å². The Morgan fingerprint density at radius 2 is 0.585 bits per heavy atom. The lowest BCUT2D eigenvalue weighted by molar-refractivity contribution is 1.09. The summed E-state index contributed by atoms with van der Waals surface area (Å²) >= 11 is 0. The molecule has 0 fully saturated rings. The van der Waals surface area contributed by atoms with Crippen molar-refractivity contribution < 1.29 is 0 Å². The lowest BCUT2D eigenvalue weighted by atomic mass is 9.91. The summed E-state index contributed by atoms with van der Waals surface area (Å²) in [5.41, 5.74) is 19.6. The summed E-state index contributed by atoms with van der Waals surface area (Å²) in [5.74, 6) is 0. The SMILES string of the molecule is c1ccc(C2=C3N=C(C(c4ccccc4)=c4c5ccccc5c5n4Pn4c2c2ccccc2c4C(c2ccccc2)=C2N=C(C=5c4ccccc4)c4ccccc42)c2ccccc23)cc1. The van der Waals surface area contributed by atoms with Gasteiger partial charge in [-0.3, -0.25) is 0 Å². The summed E-state index contributed by atoms with van der Waals surface area (Å²) in [4.78, 5) is 11.9. The fourth-order valence-corrected chi connectivity index (χ4v) is 12.3. The first kappa shape index (κ1) is 36.3. The summed E-state index contributed by atoms with van der Waals surface area (Å²) < 4.78 is 5.30. The molecule has 0 aliphatic carbocycles. The Hall–Kier alpha value is -8.17. The van der Waals surface area contributed by atoms with Gasteiger partial charge in [-0.05, 0) is 22.3 Å². The molecular weight excluding hydrogens is 808 g/mol. The summed E-state index contributed by atoms with van der Waals surface area (Å²) in [6.45, 7) is 0. The molecule has 0 saturated carbocycles. The van der Waals surface area contributed by atoms with Gasteiger partial charge in [0.2, 0.25) is 0 Å². The molecule has 0 amide bonds. The number of rotatable bonds is 4. The standard InChI is InChI=1S/C60H37N4P/c1-5-21-37(22-6-1)49-53-41-29-13-14-30-42(41)54(61-53)50(38-23-7-2-8-24-38)59-47-35-19-20-36-48(47)60-52(40-27-11-4-12-28-40)56-44-32-16-15-31-43(44)55(62-56)51(39-25-9-3-10-26-39)58-46-34-18-17-33-45(46)57(49)63(58)65-64(59)60/h1-36,65H. The van der Waals surface area contributed by atoms with E-state index in [1.54, 1.807) is 0 Å². The monoisotopic (exact) mass is 844 g/mol. The quantitative estimate of drug-likeness (QED) is 0.158. The molecule has 0 spiro atoms. The number of aromatic nitrogens is 2. The maximum atomic E-state index is 5.97. The molecule has 6 heterocycles. The molecule has 2 aromatic heterocycles. The zero-order chi connectivity index (χ0) is 42.6. The number of hydrogen-bond acceptors (Lipinski definition) is 2. The van der Waals surface area contributed by atoms with Crippen molar-refractivity contribution in [1.29, 1.82) is 0 Å². The average molecular weight is 845 g/mol. The molecule has 4 aliphatic heterocycles. The Bertz CT molecular complexity index is 3670. The van der Waals surface area contributed by atoms with Crippen LogP contribution in [0, 0.1) is 0 Å². The largest absolute Gasteiger partial charge is 0.302 e. The lowest BCUT2D eigenvalue weighted by Gasteiger charge is -2.23. The maximum absolute atomic E-state index is 5.97. The van der Waals surface area contributed by atoms with E-state index in [1.807, 2.05) is 0 Å². The van der Waals surface area contributed by atoms with E-state index < -0.39 is 0 Å². The van der Waals surface area contributed by atoms with Gasteiger partial charge in [0.05, 0.1) is 53.8 Å². The first-order valence-electron chi connectivity index (χ1n) is 22.2. The second-order valence-electron chi connectivity index (χ2n) is 16.9. The number of aliphatic imine (C=N–C) groups is 2. The third-order valence-corrected chi connectivity index (χ3v) is 14.7. The van der Waals surface area contributed by atoms with Crippen molar-refractivity contribution in [2.24, 2.45) is 9.98 Å². The van der Waals surface area contributed by atoms with Crippen LogP contribution in [0.2, 0.25) is 0 Å². The Morgan fingerprint density at radius 1 is 0.277 bits per heavy atom. The van der Waals surface area contributed by atoms with E-state index in [0.717, 1.165) is 112 Å². The van der Waals surface area contributed by atoms with E-state index in [0.29, 0.717) is 0 Å². The molecule has 6 bridgehead atoms. The van der Waals surface area contributed by atoms with Crippen molar-refractivity contribution in [3.05, 3.63) is 285 Å². The highest BCUT2D eigenvalue weighted by molar-refractivity contribution is 7.34. The molecule has 1 unspecified atom stereocenters. The molecule has 4 aliphatic rings. The molecule has 14 rings (SSSR count). The van der Waals surface area contributed by atoms with Gasteiger partial charge in [-0.15, -0.1) is 0 Å². The first-order valence-corrected chi connectivity index (χ1v) is 23.1. The minimum atomic E-state index is 0.0842. The second kappa shape index (κ2) is 14.2. The van der Waals surface area contributed by atoms with Crippen LogP contribution in [-0.4, -0.2) is 20.1 Å². The van der Waals surface area contributed by atoms with Gasteiger partial charge < -0.3 is 8.68 Å². The van der Waals surface area contributed by atoms with Crippen molar-refractivity contribution in [2.45, 2.75) is 0 Å². The van der Waals surface area contributed by atoms with Crippen molar-refractivity contribution in [2.75, 3.05) is 0 Å². The van der Waals surface area contributed by atoms with Gasteiger partial charge in [0.25, 0.3) is 0 Å².